The number of hydrogen-bond donors (Lipinski definition) is 0. The summed E-state index contributed by atoms with van der Waals surface area (Å²) < 4.78 is 20.9. The molecule has 0 fully saturated rings. The van der Waals surface area contributed by atoms with Gasteiger partial charge in [-0.05, 0) is 50.6 Å². The Bertz CT molecular complexity index is 1720. The molecule has 184 valence electrons. The molecule has 0 radical (unpaired) electrons. The summed E-state index contributed by atoms with van der Waals surface area (Å²) >= 11 is 0. The fraction of sp³-hybridized carbons (Fsp3) is 0.226. The molecule has 2 atom stereocenters. The molecule has 2 aliphatic rings. The fourth-order valence-electron chi connectivity index (χ4n) is 5.90. The van der Waals surface area contributed by atoms with E-state index in [0.29, 0.717) is 18.1 Å². The second kappa shape index (κ2) is 7.84. The normalized spacial score (nSPS) is 19.3. The number of nitrogens with zero attached hydrogens (tertiary/aromatic N) is 2. The van der Waals surface area contributed by atoms with Gasteiger partial charge in [0.15, 0.2) is 0 Å². The summed E-state index contributed by atoms with van der Waals surface area (Å²) in [4.78, 5) is 12.6. The van der Waals surface area contributed by atoms with Crippen LogP contribution in [0.5, 0.6) is 11.6 Å². The zero-order chi connectivity index (χ0) is 25.3. The molecule has 4 heterocycles. The third-order valence-electron chi connectivity index (χ3n) is 7.74. The van der Waals surface area contributed by atoms with E-state index in [9.17, 15) is 4.79 Å². The van der Waals surface area contributed by atoms with Crippen molar-refractivity contribution >= 4 is 11.0 Å². The van der Waals surface area contributed by atoms with Crippen LogP contribution >= 0.6 is 0 Å². The lowest BCUT2D eigenvalue weighted by atomic mass is 9.69. The zero-order valence-electron chi connectivity index (χ0n) is 20.9. The molecule has 2 aromatic heterocycles. The van der Waals surface area contributed by atoms with Crippen LogP contribution in [0, 0.1) is 12.8 Å². The van der Waals surface area contributed by atoms with Crippen LogP contribution in [-0.4, -0.2) is 22.0 Å². The number of benzene rings is 3. The minimum absolute atomic E-state index is 0.0280. The van der Waals surface area contributed by atoms with Crippen molar-refractivity contribution in [2.75, 3.05) is 6.61 Å². The summed E-state index contributed by atoms with van der Waals surface area (Å²) in [6, 6.07) is 25.7. The maximum absolute atomic E-state index is 12.6. The van der Waals surface area contributed by atoms with E-state index in [1.807, 2.05) is 72.3 Å². The molecule has 0 unspecified atom stereocenters. The Kier molecular flexibility index (Phi) is 4.64. The van der Waals surface area contributed by atoms with E-state index >= 15 is 0 Å². The number of rotatable bonds is 2. The highest BCUT2D eigenvalue weighted by molar-refractivity contribution is 5.87. The summed E-state index contributed by atoms with van der Waals surface area (Å²) in [5, 5.41) is 6.04. The first kappa shape index (κ1) is 21.9. The van der Waals surface area contributed by atoms with Gasteiger partial charge >= 0.3 is 5.63 Å². The SMILES string of the molecule is Cc1cc(=O)oc2c3c(ccc12)OC[C@H]1[C@@H]3c2c(-c3ccccc3)nn(-c3ccccc3)c2OC1(C)C. The molecule has 7 rings (SSSR count). The third kappa shape index (κ3) is 3.25. The van der Waals surface area contributed by atoms with Gasteiger partial charge in [0.1, 0.15) is 22.6 Å². The van der Waals surface area contributed by atoms with Gasteiger partial charge in [-0.25, -0.2) is 9.48 Å². The molecule has 5 aromatic rings. The highest BCUT2D eigenvalue weighted by Crippen LogP contribution is 2.57. The van der Waals surface area contributed by atoms with Crippen LogP contribution in [0.4, 0.5) is 0 Å². The monoisotopic (exact) mass is 490 g/mol. The number of fused-ring (bicyclic) bond motifs is 7. The largest absolute Gasteiger partial charge is 0.493 e. The van der Waals surface area contributed by atoms with Gasteiger partial charge in [0.25, 0.3) is 0 Å². The minimum Gasteiger partial charge on any atom is -0.493 e. The molecule has 0 saturated heterocycles. The Hall–Kier alpha value is -4.32. The first-order chi connectivity index (χ1) is 17.9. The standard InChI is InChI=1S/C31H26N2O4/c1-18-16-24(34)36-29-21(18)14-15-23-26(29)25-22(17-35-23)31(2,3)37-30-27(25)28(19-10-6-4-7-11-19)32-33(30)20-12-8-5-9-13-20/h4-16,22,25H,17H2,1-3H3/t22-,25-/m0/s1. The van der Waals surface area contributed by atoms with E-state index in [4.69, 9.17) is 19.0 Å². The number of para-hydroxylation sites is 1. The van der Waals surface area contributed by atoms with Crippen molar-refractivity contribution in [2.24, 2.45) is 5.92 Å². The molecule has 3 aromatic carbocycles. The quantitative estimate of drug-likeness (QED) is 0.273. The summed E-state index contributed by atoms with van der Waals surface area (Å²) in [5.41, 5.74) is 5.17. The van der Waals surface area contributed by atoms with E-state index < -0.39 is 5.60 Å². The van der Waals surface area contributed by atoms with E-state index in [-0.39, 0.29) is 17.5 Å². The highest BCUT2D eigenvalue weighted by Gasteiger charge is 2.52. The molecular weight excluding hydrogens is 464 g/mol. The Labute approximate surface area is 214 Å². The predicted molar refractivity (Wildman–Crippen MR) is 142 cm³/mol. The van der Waals surface area contributed by atoms with Gasteiger partial charge in [-0.2, -0.15) is 5.10 Å². The predicted octanol–water partition coefficient (Wildman–Crippen LogP) is 6.27. The van der Waals surface area contributed by atoms with Gasteiger partial charge in [0, 0.05) is 34.4 Å². The second-order valence-electron chi connectivity index (χ2n) is 10.4. The van der Waals surface area contributed by atoms with Crippen LogP contribution < -0.4 is 15.1 Å². The maximum Gasteiger partial charge on any atom is 0.336 e. The van der Waals surface area contributed by atoms with Crippen molar-refractivity contribution in [3.05, 3.63) is 106 Å². The van der Waals surface area contributed by atoms with Crippen LogP contribution in [0.2, 0.25) is 0 Å². The minimum atomic E-state index is -0.567. The lowest BCUT2D eigenvalue weighted by Gasteiger charge is -2.46. The molecule has 0 saturated carbocycles. The topological polar surface area (TPSA) is 66.5 Å². The van der Waals surface area contributed by atoms with E-state index in [0.717, 1.165) is 44.8 Å². The lowest BCUT2D eigenvalue weighted by molar-refractivity contribution is -0.0182. The zero-order valence-corrected chi connectivity index (χ0v) is 20.9. The van der Waals surface area contributed by atoms with Gasteiger partial charge in [0.05, 0.1) is 17.9 Å². The van der Waals surface area contributed by atoms with E-state index in [1.54, 1.807) is 0 Å². The van der Waals surface area contributed by atoms with E-state index in [1.165, 1.54) is 6.07 Å². The fourth-order valence-corrected chi connectivity index (χ4v) is 5.90. The molecule has 0 spiro atoms. The number of aryl methyl sites for hydroxylation is 1. The molecule has 2 aliphatic heterocycles. The summed E-state index contributed by atoms with van der Waals surface area (Å²) in [6.07, 6.45) is 0. The molecule has 6 nitrogen and oxygen atoms in total. The molecule has 0 bridgehead atoms. The molecular formula is C31H26N2O4. The van der Waals surface area contributed by atoms with E-state index in [2.05, 4.69) is 26.0 Å². The first-order valence-electron chi connectivity index (χ1n) is 12.6. The number of aromatic nitrogens is 2. The number of hydrogen-bond acceptors (Lipinski definition) is 5. The summed E-state index contributed by atoms with van der Waals surface area (Å²) in [6.45, 7) is 6.61. The van der Waals surface area contributed by atoms with Crippen molar-refractivity contribution in [1.82, 2.24) is 9.78 Å². The Morgan fingerprint density at radius 1 is 0.946 bits per heavy atom. The molecule has 0 N–H and O–H groups in total. The van der Waals surface area contributed by atoms with Crippen LogP contribution in [0.15, 0.2) is 88.1 Å². The molecule has 6 heteroatoms. The van der Waals surface area contributed by atoms with Gasteiger partial charge in [-0.3, -0.25) is 0 Å². The van der Waals surface area contributed by atoms with Crippen molar-refractivity contribution in [2.45, 2.75) is 32.3 Å². The van der Waals surface area contributed by atoms with Crippen LogP contribution in [0.3, 0.4) is 0 Å². The number of ether oxygens (including phenoxy) is 2. The van der Waals surface area contributed by atoms with Crippen LogP contribution in [-0.2, 0) is 0 Å². The Morgan fingerprint density at radius 3 is 2.43 bits per heavy atom. The lowest BCUT2D eigenvalue weighted by Crippen LogP contribution is -2.49. The van der Waals surface area contributed by atoms with Gasteiger partial charge in [-0.1, -0.05) is 48.5 Å². The van der Waals surface area contributed by atoms with Gasteiger partial charge in [-0.15, -0.1) is 0 Å². The second-order valence-corrected chi connectivity index (χ2v) is 10.4. The average molecular weight is 491 g/mol. The van der Waals surface area contributed by atoms with Crippen molar-refractivity contribution in [1.29, 1.82) is 0 Å². The van der Waals surface area contributed by atoms with Crippen LogP contribution in [0.1, 0.15) is 36.5 Å². The molecule has 0 aliphatic carbocycles. The highest BCUT2D eigenvalue weighted by atomic mass is 16.5. The van der Waals surface area contributed by atoms with Gasteiger partial charge in [0.2, 0.25) is 5.88 Å². The average Bonchev–Trinajstić information content (AvgIpc) is 3.27. The Balaban J connectivity index is 1.60. The van der Waals surface area contributed by atoms with Crippen LogP contribution in [0.25, 0.3) is 27.9 Å². The smallest absolute Gasteiger partial charge is 0.336 e. The van der Waals surface area contributed by atoms with Crippen molar-refractivity contribution in [3.8, 4) is 28.6 Å². The van der Waals surface area contributed by atoms with Gasteiger partial charge < -0.3 is 13.9 Å². The summed E-state index contributed by atoms with van der Waals surface area (Å²) in [5.74, 6) is 1.26. The third-order valence-corrected chi connectivity index (χ3v) is 7.74. The van der Waals surface area contributed by atoms with Crippen molar-refractivity contribution < 1.29 is 13.9 Å². The Morgan fingerprint density at radius 2 is 1.68 bits per heavy atom. The summed E-state index contributed by atoms with van der Waals surface area (Å²) in [7, 11) is 0. The molecule has 0 amide bonds. The first-order valence-corrected chi connectivity index (χ1v) is 12.6. The van der Waals surface area contributed by atoms with Crippen molar-refractivity contribution in [3.63, 3.8) is 0 Å². The molecule has 37 heavy (non-hydrogen) atoms. The maximum atomic E-state index is 12.6.